The summed E-state index contributed by atoms with van der Waals surface area (Å²) in [5.41, 5.74) is 10.6. The molecule has 0 radical (unpaired) electrons. The normalized spacial score (nSPS) is 17.0. The number of hydrogen-bond donors (Lipinski definition) is 0. The molecule has 0 N–H and O–H groups in total. The Labute approximate surface area is 579 Å². The van der Waals surface area contributed by atoms with Crippen LogP contribution in [-0.4, -0.2) is 72.9 Å². The van der Waals surface area contributed by atoms with Crippen LogP contribution >= 0.6 is 0 Å². The topological polar surface area (TPSA) is 158 Å². The SMILES string of the molecule is Cc1ccc(C(=O)OC2CCCCC2)cc1.Cc1cccc(C(=O)OC2CCCC2)c1.Cc1cccc(C(=O)OC2CCCCC2)c1.Cc1cccc(C(=O)OC2CCCCCC2)c1.Cc1cccc(C(=O)OCC2CCCCC2)c1.Cc1ccccc1C(=O)OC1CCCCC1. The molecule has 0 amide bonds. The maximum Gasteiger partial charge on any atom is 0.338 e. The van der Waals surface area contributed by atoms with Gasteiger partial charge in [-0.2, -0.15) is 0 Å². The summed E-state index contributed by atoms with van der Waals surface area (Å²) in [4.78, 5) is 71.1. The molecule has 12 rings (SSSR count). The first-order valence-electron chi connectivity index (χ1n) is 36.7. The van der Waals surface area contributed by atoms with Crippen LogP contribution in [0.15, 0.2) is 146 Å². The molecule has 97 heavy (non-hydrogen) atoms. The molecule has 6 aliphatic rings. The Morgan fingerprint density at radius 3 is 0.876 bits per heavy atom. The van der Waals surface area contributed by atoms with Crippen LogP contribution in [0.1, 0.15) is 288 Å². The molecule has 522 valence electrons. The second kappa shape index (κ2) is 42.7. The van der Waals surface area contributed by atoms with E-state index in [9.17, 15) is 28.8 Å². The first-order valence-corrected chi connectivity index (χ1v) is 36.7. The van der Waals surface area contributed by atoms with Gasteiger partial charge < -0.3 is 28.4 Å². The van der Waals surface area contributed by atoms with Crippen molar-refractivity contribution >= 4 is 35.8 Å². The Morgan fingerprint density at radius 2 is 0.546 bits per heavy atom. The summed E-state index contributed by atoms with van der Waals surface area (Å²) in [6.07, 6.45) is 35.5. The molecule has 0 atom stereocenters. The third-order valence-corrected chi connectivity index (χ3v) is 19.0. The minimum absolute atomic E-state index is 0.130. The fourth-order valence-electron chi connectivity index (χ4n) is 13.2. The van der Waals surface area contributed by atoms with Gasteiger partial charge in [-0.1, -0.05) is 158 Å². The lowest BCUT2D eigenvalue weighted by Crippen LogP contribution is -2.21. The standard InChI is InChI=1S/2C15H20O2.3C14H18O2.C13H16O2/c1-12-6-5-9-14(10-12)15(16)17-11-13-7-3-2-4-8-13;1-12-7-6-8-13(11-12)15(16)17-14-9-4-2-3-5-10-14;1-11-6-5-7-12(10-11)14(15)16-13-8-3-2-4-9-13;1-11-7-5-6-10-13(11)14(15)16-12-8-3-2-4-9-12;1-11-7-9-12(10-8-11)14(15)16-13-5-3-2-4-6-13;1-10-5-4-6-11(9-10)13(14)15-12-7-2-3-8-12/h5-6,9-10,13H,2-4,7-8,11H2,1H3;6-8,11,14H,2-5,9-10H2,1H3;5-7,10,13H,2-4,8-9H2,1H3;5-7,10,12H,2-4,8-9H2,1H3;7-10,13H,2-6H2,1H3;4-6,9,12H,2-3,7-8H2,1H3. The van der Waals surface area contributed by atoms with Gasteiger partial charge in [0.25, 0.3) is 0 Å². The highest BCUT2D eigenvalue weighted by Gasteiger charge is 2.24. The lowest BCUT2D eigenvalue weighted by Gasteiger charge is -2.22. The molecule has 0 aromatic heterocycles. The Kier molecular flexibility index (Phi) is 33.7. The highest BCUT2D eigenvalue weighted by Crippen LogP contribution is 2.28. The quantitative estimate of drug-likeness (QED) is 0.0613. The number of carbonyl (C=O) groups excluding carboxylic acids is 6. The van der Waals surface area contributed by atoms with Gasteiger partial charge >= 0.3 is 35.8 Å². The molecule has 6 saturated carbocycles. The van der Waals surface area contributed by atoms with Crippen molar-refractivity contribution < 1.29 is 57.2 Å². The van der Waals surface area contributed by atoms with Gasteiger partial charge in [-0.05, 0) is 261 Å². The molecule has 0 aliphatic heterocycles. The average Bonchev–Trinajstić information content (AvgIpc) is 3.53. The molecule has 0 spiro atoms. The van der Waals surface area contributed by atoms with Gasteiger partial charge in [0.05, 0.1) is 40.0 Å². The molecule has 0 bridgehead atoms. The van der Waals surface area contributed by atoms with Crippen LogP contribution in [0.25, 0.3) is 0 Å². The van der Waals surface area contributed by atoms with E-state index >= 15 is 0 Å². The average molecular weight is 1320 g/mol. The third-order valence-electron chi connectivity index (χ3n) is 19.0. The molecule has 6 aromatic rings. The Bertz CT molecular complexity index is 3330. The van der Waals surface area contributed by atoms with Crippen molar-refractivity contribution in [1.29, 1.82) is 0 Å². The first-order chi connectivity index (χ1) is 47.0. The van der Waals surface area contributed by atoms with Gasteiger partial charge in [-0.15, -0.1) is 0 Å². The van der Waals surface area contributed by atoms with E-state index in [0.717, 1.165) is 97.6 Å². The summed E-state index contributed by atoms with van der Waals surface area (Å²) in [5, 5.41) is 0. The van der Waals surface area contributed by atoms with E-state index in [-0.39, 0.29) is 66.3 Å². The first kappa shape index (κ1) is 76.5. The molecule has 6 aliphatic carbocycles. The van der Waals surface area contributed by atoms with E-state index in [0.29, 0.717) is 45.9 Å². The fraction of sp³-hybridized carbons (Fsp3) is 0.506. The van der Waals surface area contributed by atoms with Crippen LogP contribution in [0.3, 0.4) is 0 Å². The largest absolute Gasteiger partial charge is 0.462 e. The molecular weight excluding hydrogens is 1210 g/mol. The van der Waals surface area contributed by atoms with Crippen molar-refractivity contribution in [3.8, 4) is 0 Å². The summed E-state index contributed by atoms with van der Waals surface area (Å²) < 4.78 is 32.9. The number of aryl methyl sites for hydroxylation is 6. The van der Waals surface area contributed by atoms with E-state index in [2.05, 4.69) is 0 Å². The number of benzene rings is 6. The summed E-state index contributed by atoms with van der Waals surface area (Å²) in [7, 11) is 0. The third kappa shape index (κ3) is 29.0. The molecule has 12 heteroatoms. The second-order valence-electron chi connectivity index (χ2n) is 27.6. The van der Waals surface area contributed by atoms with Gasteiger partial charge in [0.1, 0.15) is 30.5 Å². The molecule has 12 nitrogen and oxygen atoms in total. The van der Waals surface area contributed by atoms with Gasteiger partial charge in [0.2, 0.25) is 0 Å². The molecule has 0 unspecified atom stereocenters. The van der Waals surface area contributed by atoms with Crippen molar-refractivity contribution in [2.24, 2.45) is 5.92 Å². The van der Waals surface area contributed by atoms with Crippen molar-refractivity contribution in [1.82, 2.24) is 0 Å². The second-order valence-corrected chi connectivity index (χ2v) is 27.6. The number of esters is 6. The van der Waals surface area contributed by atoms with E-state index in [1.807, 2.05) is 187 Å². The predicted molar refractivity (Wildman–Crippen MR) is 385 cm³/mol. The molecule has 6 fully saturated rings. The van der Waals surface area contributed by atoms with Crippen LogP contribution in [0, 0.1) is 47.5 Å². The minimum Gasteiger partial charge on any atom is -0.462 e. The van der Waals surface area contributed by atoms with Crippen LogP contribution in [0.5, 0.6) is 0 Å². The molecule has 0 heterocycles. The summed E-state index contributed by atoms with van der Waals surface area (Å²) in [6.45, 7) is 12.5. The smallest absolute Gasteiger partial charge is 0.338 e. The Balaban J connectivity index is 0.000000164. The monoisotopic (exact) mass is 1320 g/mol. The van der Waals surface area contributed by atoms with E-state index in [4.69, 9.17) is 28.4 Å². The Morgan fingerprint density at radius 1 is 0.268 bits per heavy atom. The zero-order chi connectivity index (χ0) is 69.0. The van der Waals surface area contributed by atoms with Crippen molar-refractivity contribution in [3.63, 3.8) is 0 Å². The van der Waals surface area contributed by atoms with Crippen LogP contribution in [0.4, 0.5) is 0 Å². The van der Waals surface area contributed by atoms with E-state index < -0.39 is 0 Å². The number of rotatable bonds is 13. The summed E-state index contributed by atoms with van der Waals surface area (Å²) in [5.74, 6) is -0.449. The van der Waals surface area contributed by atoms with Crippen molar-refractivity contribution in [2.75, 3.05) is 6.61 Å². The highest BCUT2D eigenvalue weighted by molar-refractivity contribution is 5.92. The van der Waals surface area contributed by atoms with Crippen molar-refractivity contribution in [3.05, 3.63) is 212 Å². The van der Waals surface area contributed by atoms with E-state index in [1.54, 1.807) is 0 Å². The summed E-state index contributed by atoms with van der Waals surface area (Å²) in [6, 6.07) is 45.4. The maximum atomic E-state index is 12.0. The van der Waals surface area contributed by atoms with Gasteiger partial charge in [-0.25, -0.2) is 28.8 Å². The van der Waals surface area contributed by atoms with E-state index in [1.165, 1.54) is 128 Å². The predicted octanol–water partition coefficient (Wildman–Crippen LogP) is 21.2. The molecule has 0 saturated heterocycles. The lowest BCUT2D eigenvalue weighted by molar-refractivity contribution is 0.0201. The van der Waals surface area contributed by atoms with Crippen LogP contribution in [0.2, 0.25) is 0 Å². The highest BCUT2D eigenvalue weighted by atomic mass is 16.6. The van der Waals surface area contributed by atoms with Gasteiger partial charge in [-0.3, -0.25) is 0 Å². The molecule has 6 aromatic carbocycles. The zero-order valence-electron chi connectivity index (χ0n) is 59.1. The zero-order valence-corrected chi connectivity index (χ0v) is 59.1. The van der Waals surface area contributed by atoms with Gasteiger partial charge in [0, 0.05) is 0 Å². The van der Waals surface area contributed by atoms with Crippen LogP contribution in [-0.2, 0) is 28.4 Å². The summed E-state index contributed by atoms with van der Waals surface area (Å²) >= 11 is 0. The number of hydrogen-bond acceptors (Lipinski definition) is 12. The van der Waals surface area contributed by atoms with Crippen molar-refractivity contribution in [2.45, 2.75) is 265 Å². The fourth-order valence-corrected chi connectivity index (χ4v) is 13.2. The van der Waals surface area contributed by atoms with Gasteiger partial charge in [0.15, 0.2) is 0 Å². The lowest BCUT2D eigenvalue weighted by atomic mass is 9.90. The minimum atomic E-state index is -0.181. The maximum absolute atomic E-state index is 12.0. The number of carbonyl (C=O) groups is 6. The van der Waals surface area contributed by atoms with Crippen LogP contribution < -0.4 is 0 Å². The Hall–Kier alpha value is -7.86. The number of ether oxygens (including phenoxy) is 6. The molecular formula is C85H110O12.